The van der Waals surface area contributed by atoms with E-state index in [-0.39, 0.29) is 0 Å². The predicted molar refractivity (Wildman–Crippen MR) is 68.0 cm³/mol. The Kier molecular flexibility index (Phi) is 3.76. The molecule has 17 heavy (non-hydrogen) atoms. The first-order chi connectivity index (χ1) is 8.06. The lowest BCUT2D eigenvalue weighted by Crippen LogP contribution is -2.56. The zero-order valence-electron chi connectivity index (χ0n) is 11.1. The molecule has 0 aromatic rings. The fraction of sp³-hybridized carbons (Fsp3) is 0.929. The van der Waals surface area contributed by atoms with Crippen molar-refractivity contribution in [3.05, 3.63) is 0 Å². The lowest BCUT2D eigenvalue weighted by molar-refractivity contribution is -0.155. The van der Waals surface area contributed by atoms with Crippen molar-refractivity contribution < 1.29 is 9.90 Å². The molecule has 0 spiro atoms. The van der Waals surface area contributed by atoms with Crippen molar-refractivity contribution in [2.45, 2.75) is 57.9 Å². The Morgan fingerprint density at radius 3 is 2.47 bits per heavy atom. The maximum Gasteiger partial charge on any atom is 0.324 e. The molecule has 1 N–H and O–H groups in total. The van der Waals surface area contributed by atoms with Crippen molar-refractivity contribution in [2.24, 2.45) is 11.8 Å². The molecule has 1 aliphatic carbocycles. The maximum atomic E-state index is 11.8. The first kappa shape index (κ1) is 12.9. The number of carboxylic acid groups (broad SMARTS) is 1. The van der Waals surface area contributed by atoms with Crippen LogP contribution in [0.15, 0.2) is 0 Å². The van der Waals surface area contributed by atoms with Gasteiger partial charge in [0.2, 0.25) is 0 Å². The van der Waals surface area contributed by atoms with Gasteiger partial charge in [0.15, 0.2) is 0 Å². The molecule has 1 heterocycles. The van der Waals surface area contributed by atoms with E-state index in [0.29, 0.717) is 11.8 Å². The number of likely N-dealkylation sites (tertiary alicyclic amines) is 1. The molecule has 3 nitrogen and oxygen atoms in total. The molecule has 1 aliphatic heterocycles. The van der Waals surface area contributed by atoms with Crippen molar-refractivity contribution in [3.63, 3.8) is 0 Å². The Labute approximate surface area is 104 Å². The second kappa shape index (κ2) is 4.97. The average molecular weight is 239 g/mol. The number of carbonyl (C=O) groups is 1. The van der Waals surface area contributed by atoms with E-state index in [2.05, 4.69) is 18.7 Å². The molecule has 0 bridgehead atoms. The molecule has 2 unspecified atom stereocenters. The summed E-state index contributed by atoms with van der Waals surface area (Å²) in [5.74, 6) is 0.613. The minimum absolute atomic E-state index is 0.538. The van der Waals surface area contributed by atoms with E-state index in [9.17, 15) is 9.90 Å². The summed E-state index contributed by atoms with van der Waals surface area (Å²) in [6.45, 7) is 6.42. The first-order valence-corrected chi connectivity index (χ1v) is 7.05. The molecule has 3 heteroatoms. The van der Waals surface area contributed by atoms with Gasteiger partial charge in [0.25, 0.3) is 0 Å². The fourth-order valence-electron chi connectivity index (χ4n) is 3.63. The molecular formula is C14H25NO2. The molecular weight excluding hydrogens is 214 g/mol. The van der Waals surface area contributed by atoms with Crippen LogP contribution in [0.3, 0.4) is 0 Å². The monoisotopic (exact) mass is 239 g/mol. The van der Waals surface area contributed by atoms with E-state index < -0.39 is 11.5 Å². The highest BCUT2D eigenvalue weighted by atomic mass is 16.4. The van der Waals surface area contributed by atoms with Crippen LogP contribution >= 0.6 is 0 Å². The second-order valence-electron chi connectivity index (χ2n) is 6.13. The number of carboxylic acids is 1. The van der Waals surface area contributed by atoms with Crippen molar-refractivity contribution in [1.29, 1.82) is 0 Å². The first-order valence-electron chi connectivity index (χ1n) is 7.05. The average Bonchev–Trinajstić information content (AvgIpc) is 2.82. The summed E-state index contributed by atoms with van der Waals surface area (Å²) in [4.78, 5) is 14.0. The molecule has 1 saturated carbocycles. The Hall–Kier alpha value is -0.570. The third kappa shape index (κ3) is 2.35. The SMILES string of the molecule is CC(C)C1CCCC(C(=O)O)(N2CCCC2)C1. The van der Waals surface area contributed by atoms with Gasteiger partial charge >= 0.3 is 5.97 Å². The molecule has 2 rings (SSSR count). The molecule has 2 fully saturated rings. The van der Waals surface area contributed by atoms with Crippen LogP contribution in [-0.4, -0.2) is 34.6 Å². The summed E-state index contributed by atoms with van der Waals surface area (Å²) in [5, 5.41) is 9.71. The standard InChI is InChI=1S/C14H25NO2/c1-11(2)12-6-5-7-14(10-12,13(16)17)15-8-3-4-9-15/h11-12H,3-10H2,1-2H3,(H,16,17). The highest BCUT2D eigenvalue weighted by Gasteiger charge is 2.48. The highest BCUT2D eigenvalue weighted by molar-refractivity contribution is 5.79. The van der Waals surface area contributed by atoms with E-state index in [1.807, 2.05) is 0 Å². The van der Waals surface area contributed by atoms with Gasteiger partial charge in [-0.1, -0.05) is 26.7 Å². The van der Waals surface area contributed by atoms with Crippen LogP contribution < -0.4 is 0 Å². The van der Waals surface area contributed by atoms with Crippen LogP contribution in [0, 0.1) is 11.8 Å². The summed E-state index contributed by atoms with van der Waals surface area (Å²) in [6, 6.07) is 0. The summed E-state index contributed by atoms with van der Waals surface area (Å²) in [7, 11) is 0. The van der Waals surface area contributed by atoms with E-state index in [0.717, 1.165) is 32.4 Å². The molecule has 98 valence electrons. The summed E-state index contributed by atoms with van der Waals surface area (Å²) < 4.78 is 0. The van der Waals surface area contributed by atoms with Crippen molar-refractivity contribution in [1.82, 2.24) is 4.90 Å². The highest BCUT2D eigenvalue weighted by Crippen LogP contribution is 2.41. The van der Waals surface area contributed by atoms with Crippen LogP contribution in [0.1, 0.15) is 52.4 Å². The van der Waals surface area contributed by atoms with Gasteiger partial charge in [-0.2, -0.15) is 0 Å². The maximum absolute atomic E-state index is 11.8. The summed E-state index contributed by atoms with van der Waals surface area (Å²) >= 11 is 0. The minimum Gasteiger partial charge on any atom is -0.480 e. The number of aliphatic carboxylic acids is 1. The quantitative estimate of drug-likeness (QED) is 0.823. The topological polar surface area (TPSA) is 40.5 Å². The van der Waals surface area contributed by atoms with Gasteiger partial charge in [-0.05, 0) is 50.6 Å². The van der Waals surface area contributed by atoms with Crippen LogP contribution in [0.2, 0.25) is 0 Å². The van der Waals surface area contributed by atoms with Gasteiger partial charge < -0.3 is 5.11 Å². The van der Waals surface area contributed by atoms with Gasteiger partial charge in [0.1, 0.15) is 5.54 Å². The minimum atomic E-state index is -0.579. The van der Waals surface area contributed by atoms with Crippen LogP contribution in [0.5, 0.6) is 0 Å². The lowest BCUT2D eigenvalue weighted by atomic mass is 9.71. The van der Waals surface area contributed by atoms with Gasteiger partial charge in [-0.3, -0.25) is 9.69 Å². The van der Waals surface area contributed by atoms with Crippen molar-refractivity contribution >= 4 is 5.97 Å². The number of hydrogen-bond donors (Lipinski definition) is 1. The number of nitrogens with zero attached hydrogens (tertiary/aromatic N) is 1. The zero-order chi connectivity index (χ0) is 12.5. The van der Waals surface area contributed by atoms with Crippen molar-refractivity contribution in [2.75, 3.05) is 13.1 Å². The van der Waals surface area contributed by atoms with E-state index in [1.54, 1.807) is 0 Å². The van der Waals surface area contributed by atoms with E-state index >= 15 is 0 Å². The number of rotatable bonds is 3. The van der Waals surface area contributed by atoms with Crippen LogP contribution in [-0.2, 0) is 4.79 Å². The van der Waals surface area contributed by atoms with Crippen LogP contribution in [0.4, 0.5) is 0 Å². The normalized spacial score (nSPS) is 35.4. The second-order valence-corrected chi connectivity index (χ2v) is 6.13. The largest absolute Gasteiger partial charge is 0.480 e. The summed E-state index contributed by atoms with van der Waals surface area (Å²) in [6.07, 6.45) is 6.33. The van der Waals surface area contributed by atoms with Gasteiger partial charge in [0, 0.05) is 0 Å². The Bertz CT molecular complexity index is 284. The summed E-state index contributed by atoms with van der Waals surface area (Å²) in [5.41, 5.74) is -0.538. The Morgan fingerprint density at radius 2 is 1.94 bits per heavy atom. The van der Waals surface area contributed by atoms with Gasteiger partial charge in [-0.15, -0.1) is 0 Å². The van der Waals surface area contributed by atoms with E-state index in [4.69, 9.17) is 0 Å². The third-order valence-electron chi connectivity index (χ3n) is 4.82. The lowest BCUT2D eigenvalue weighted by Gasteiger charge is -2.45. The fourth-order valence-corrected chi connectivity index (χ4v) is 3.63. The van der Waals surface area contributed by atoms with Gasteiger partial charge in [-0.25, -0.2) is 0 Å². The van der Waals surface area contributed by atoms with Crippen molar-refractivity contribution in [3.8, 4) is 0 Å². The Balaban J connectivity index is 2.18. The number of hydrogen-bond acceptors (Lipinski definition) is 2. The Morgan fingerprint density at radius 1 is 1.29 bits per heavy atom. The molecule has 2 aliphatic rings. The smallest absolute Gasteiger partial charge is 0.324 e. The molecule has 1 saturated heterocycles. The molecule has 2 atom stereocenters. The molecule has 0 aromatic heterocycles. The van der Waals surface area contributed by atoms with Gasteiger partial charge in [0.05, 0.1) is 0 Å². The van der Waals surface area contributed by atoms with Crippen LogP contribution in [0.25, 0.3) is 0 Å². The van der Waals surface area contributed by atoms with E-state index in [1.165, 1.54) is 19.3 Å². The molecule has 0 aromatic carbocycles. The predicted octanol–water partition coefficient (Wildman–Crippen LogP) is 2.75. The molecule has 0 radical (unpaired) electrons. The molecule has 0 amide bonds. The zero-order valence-corrected chi connectivity index (χ0v) is 11.1. The third-order valence-corrected chi connectivity index (χ3v) is 4.82.